The molecule has 0 bridgehead atoms. The number of carbonyl (C=O) groups is 1. The SMILES string of the molecule is O=C(CCc1ccc(-c2ccc(Cl)cc2)o1)Nc1ccccc1. The number of benzene rings is 2. The summed E-state index contributed by atoms with van der Waals surface area (Å²) in [5, 5.41) is 3.55. The number of rotatable bonds is 5. The molecule has 3 aromatic rings. The first-order valence-corrected chi connectivity index (χ1v) is 7.78. The molecule has 23 heavy (non-hydrogen) atoms. The molecule has 0 saturated heterocycles. The van der Waals surface area contributed by atoms with E-state index < -0.39 is 0 Å². The van der Waals surface area contributed by atoms with E-state index in [9.17, 15) is 4.79 Å². The summed E-state index contributed by atoms with van der Waals surface area (Å²) in [6.45, 7) is 0. The summed E-state index contributed by atoms with van der Waals surface area (Å²) in [6, 6.07) is 20.7. The van der Waals surface area contributed by atoms with Gasteiger partial charge in [0.1, 0.15) is 11.5 Å². The highest BCUT2D eigenvalue weighted by molar-refractivity contribution is 6.30. The predicted octanol–water partition coefficient (Wildman–Crippen LogP) is 5.17. The van der Waals surface area contributed by atoms with E-state index >= 15 is 0 Å². The molecular weight excluding hydrogens is 310 g/mol. The number of aryl methyl sites for hydroxylation is 1. The Morgan fingerprint density at radius 1 is 0.957 bits per heavy atom. The van der Waals surface area contributed by atoms with Crippen LogP contribution in [0.25, 0.3) is 11.3 Å². The molecule has 0 aliphatic carbocycles. The van der Waals surface area contributed by atoms with Crippen molar-refractivity contribution in [1.29, 1.82) is 0 Å². The Bertz CT molecular complexity index is 779. The van der Waals surface area contributed by atoms with Gasteiger partial charge < -0.3 is 9.73 Å². The van der Waals surface area contributed by atoms with Gasteiger partial charge in [-0.25, -0.2) is 0 Å². The van der Waals surface area contributed by atoms with Crippen LogP contribution in [0.5, 0.6) is 0 Å². The van der Waals surface area contributed by atoms with E-state index in [1.54, 1.807) is 0 Å². The van der Waals surface area contributed by atoms with Crippen molar-refractivity contribution >= 4 is 23.2 Å². The van der Waals surface area contributed by atoms with Gasteiger partial charge in [-0.1, -0.05) is 29.8 Å². The Hall–Kier alpha value is -2.52. The highest BCUT2D eigenvalue weighted by atomic mass is 35.5. The molecular formula is C19H16ClNO2. The van der Waals surface area contributed by atoms with Crippen molar-refractivity contribution in [2.75, 3.05) is 5.32 Å². The Kier molecular flexibility index (Phi) is 4.79. The smallest absolute Gasteiger partial charge is 0.224 e. The zero-order valence-electron chi connectivity index (χ0n) is 12.5. The summed E-state index contributed by atoms with van der Waals surface area (Å²) in [5.41, 5.74) is 1.77. The highest BCUT2D eigenvalue weighted by Crippen LogP contribution is 2.24. The maximum atomic E-state index is 11.9. The first-order valence-electron chi connectivity index (χ1n) is 7.40. The Labute approximate surface area is 139 Å². The molecule has 0 saturated carbocycles. The van der Waals surface area contributed by atoms with Crippen LogP contribution in [0.3, 0.4) is 0 Å². The number of hydrogen-bond donors (Lipinski definition) is 1. The zero-order chi connectivity index (χ0) is 16.1. The van der Waals surface area contributed by atoms with Crippen molar-refractivity contribution in [2.45, 2.75) is 12.8 Å². The average molecular weight is 326 g/mol. The van der Waals surface area contributed by atoms with Gasteiger partial charge >= 0.3 is 0 Å². The van der Waals surface area contributed by atoms with E-state index in [-0.39, 0.29) is 5.91 Å². The standard InChI is InChI=1S/C19H16ClNO2/c20-15-8-6-14(7-9-15)18-12-10-17(23-18)11-13-19(22)21-16-4-2-1-3-5-16/h1-10,12H,11,13H2,(H,21,22). The van der Waals surface area contributed by atoms with Gasteiger partial charge in [0.15, 0.2) is 0 Å². The second kappa shape index (κ2) is 7.16. The maximum Gasteiger partial charge on any atom is 0.224 e. The third-order valence-electron chi connectivity index (χ3n) is 3.45. The van der Waals surface area contributed by atoms with E-state index in [1.165, 1.54) is 0 Å². The fourth-order valence-corrected chi connectivity index (χ4v) is 2.39. The van der Waals surface area contributed by atoms with E-state index in [2.05, 4.69) is 5.32 Å². The molecule has 3 nitrogen and oxygen atoms in total. The molecule has 3 rings (SSSR count). The summed E-state index contributed by atoms with van der Waals surface area (Å²) >= 11 is 5.88. The first-order chi connectivity index (χ1) is 11.2. The van der Waals surface area contributed by atoms with Crippen LogP contribution < -0.4 is 5.32 Å². The van der Waals surface area contributed by atoms with Crippen molar-refractivity contribution < 1.29 is 9.21 Å². The van der Waals surface area contributed by atoms with Gasteiger partial charge in [0.25, 0.3) is 0 Å². The second-order valence-electron chi connectivity index (χ2n) is 5.19. The minimum atomic E-state index is -0.0272. The van der Waals surface area contributed by atoms with Crippen LogP contribution in [0.4, 0.5) is 5.69 Å². The van der Waals surface area contributed by atoms with E-state index in [1.807, 2.05) is 66.7 Å². The Morgan fingerprint density at radius 3 is 2.43 bits per heavy atom. The topological polar surface area (TPSA) is 42.2 Å². The van der Waals surface area contributed by atoms with E-state index in [0.29, 0.717) is 17.9 Å². The Morgan fingerprint density at radius 2 is 1.70 bits per heavy atom. The molecule has 0 fully saturated rings. The largest absolute Gasteiger partial charge is 0.461 e. The van der Waals surface area contributed by atoms with E-state index in [0.717, 1.165) is 22.8 Å². The highest BCUT2D eigenvalue weighted by Gasteiger charge is 2.08. The van der Waals surface area contributed by atoms with Crippen LogP contribution in [0.1, 0.15) is 12.2 Å². The fraction of sp³-hybridized carbons (Fsp3) is 0.105. The molecule has 1 amide bonds. The summed E-state index contributed by atoms with van der Waals surface area (Å²) in [4.78, 5) is 11.9. The lowest BCUT2D eigenvalue weighted by molar-refractivity contribution is -0.116. The van der Waals surface area contributed by atoms with Crippen LogP contribution in [0.2, 0.25) is 5.02 Å². The molecule has 4 heteroatoms. The van der Waals surface area contributed by atoms with Crippen LogP contribution in [-0.4, -0.2) is 5.91 Å². The van der Waals surface area contributed by atoms with Gasteiger partial charge in [0, 0.05) is 29.1 Å². The van der Waals surface area contributed by atoms with Crippen LogP contribution in [0.15, 0.2) is 71.1 Å². The lowest BCUT2D eigenvalue weighted by Gasteiger charge is -2.03. The molecule has 0 aliphatic heterocycles. The number of amides is 1. The summed E-state index contributed by atoms with van der Waals surface area (Å²) in [6.07, 6.45) is 0.939. The molecule has 2 aromatic carbocycles. The molecule has 1 aromatic heterocycles. The molecule has 0 unspecified atom stereocenters. The number of nitrogens with one attached hydrogen (secondary N) is 1. The van der Waals surface area contributed by atoms with Gasteiger partial charge in [0.05, 0.1) is 0 Å². The van der Waals surface area contributed by atoms with Crippen molar-refractivity contribution in [3.05, 3.63) is 77.5 Å². The van der Waals surface area contributed by atoms with Crippen molar-refractivity contribution in [2.24, 2.45) is 0 Å². The Balaban J connectivity index is 1.57. The molecule has 116 valence electrons. The van der Waals surface area contributed by atoms with Gasteiger partial charge in [-0.05, 0) is 48.5 Å². The van der Waals surface area contributed by atoms with Gasteiger partial charge in [-0.15, -0.1) is 0 Å². The van der Waals surface area contributed by atoms with Crippen molar-refractivity contribution in [3.63, 3.8) is 0 Å². The molecule has 0 spiro atoms. The first kappa shape index (κ1) is 15.4. The normalized spacial score (nSPS) is 10.5. The second-order valence-corrected chi connectivity index (χ2v) is 5.62. The van der Waals surface area contributed by atoms with Crippen LogP contribution >= 0.6 is 11.6 Å². The van der Waals surface area contributed by atoms with Crippen LogP contribution in [-0.2, 0) is 11.2 Å². The maximum absolute atomic E-state index is 11.9. The minimum absolute atomic E-state index is 0.0272. The quantitative estimate of drug-likeness (QED) is 0.703. The number of anilines is 1. The third kappa shape index (κ3) is 4.24. The number of furan rings is 1. The number of hydrogen-bond acceptors (Lipinski definition) is 2. The average Bonchev–Trinajstić information content (AvgIpc) is 3.04. The van der Waals surface area contributed by atoms with Gasteiger partial charge in [-0.3, -0.25) is 4.79 Å². The lowest BCUT2D eigenvalue weighted by atomic mass is 10.2. The van der Waals surface area contributed by atoms with Gasteiger partial charge in [-0.2, -0.15) is 0 Å². The van der Waals surface area contributed by atoms with Crippen molar-refractivity contribution in [1.82, 2.24) is 0 Å². The number of para-hydroxylation sites is 1. The molecule has 1 heterocycles. The van der Waals surface area contributed by atoms with Gasteiger partial charge in [0.2, 0.25) is 5.91 Å². The number of carbonyl (C=O) groups excluding carboxylic acids is 1. The molecule has 0 aliphatic rings. The van der Waals surface area contributed by atoms with Crippen LogP contribution in [0, 0.1) is 0 Å². The van der Waals surface area contributed by atoms with Crippen molar-refractivity contribution in [3.8, 4) is 11.3 Å². The minimum Gasteiger partial charge on any atom is -0.461 e. The fourth-order valence-electron chi connectivity index (χ4n) is 2.26. The summed E-state index contributed by atoms with van der Waals surface area (Å²) in [5.74, 6) is 1.54. The summed E-state index contributed by atoms with van der Waals surface area (Å²) < 4.78 is 5.79. The predicted molar refractivity (Wildman–Crippen MR) is 92.5 cm³/mol. The number of halogens is 1. The third-order valence-corrected chi connectivity index (χ3v) is 3.70. The molecule has 0 radical (unpaired) electrons. The lowest BCUT2D eigenvalue weighted by Crippen LogP contribution is -2.11. The molecule has 0 atom stereocenters. The monoisotopic (exact) mass is 325 g/mol. The zero-order valence-corrected chi connectivity index (χ0v) is 13.2. The summed E-state index contributed by atoms with van der Waals surface area (Å²) in [7, 11) is 0. The van der Waals surface area contributed by atoms with E-state index in [4.69, 9.17) is 16.0 Å². The molecule has 1 N–H and O–H groups in total.